The van der Waals surface area contributed by atoms with E-state index in [0.29, 0.717) is 6.04 Å². The quantitative estimate of drug-likeness (QED) is 0.833. The molecule has 0 aliphatic carbocycles. The van der Waals surface area contributed by atoms with Gasteiger partial charge in [-0.2, -0.15) is 0 Å². The molecule has 0 saturated carbocycles. The van der Waals surface area contributed by atoms with Crippen LogP contribution in [0.1, 0.15) is 16.5 Å². The van der Waals surface area contributed by atoms with E-state index in [9.17, 15) is 0 Å². The van der Waals surface area contributed by atoms with Gasteiger partial charge in [-0.3, -0.25) is 0 Å². The molecule has 0 bridgehead atoms. The van der Waals surface area contributed by atoms with E-state index in [2.05, 4.69) is 60.8 Å². The lowest BCUT2D eigenvalue weighted by molar-refractivity contribution is 0.706. The molecule has 0 aliphatic rings. The average molecular weight is 367 g/mol. The van der Waals surface area contributed by atoms with E-state index in [1.807, 2.05) is 7.05 Å². The summed E-state index contributed by atoms with van der Waals surface area (Å²) >= 11 is 10.5. The molecule has 1 nitrogen and oxygen atoms in total. The fourth-order valence-corrected chi connectivity index (χ4v) is 4.20. The van der Waals surface area contributed by atoms with Crippen LogP contribution in [-0.2, 0) is 0 Å². The maximum absolute atomic E-state index is 3.49. The summed E-state index contributed by atoms with van der Waals surface area (Å²) in [5.41, 5.74) is 1.31. The third kappa shape index (κ3) is 2.71. The minimum absolute atomic E-state index is 0.295. The molecule has 0 spiro atoms. The van der Waals surface area contributed by atoms with Crippen LogP contribution < -0.4 is 5.32 Å². The molecule has 2 heterocycles. The van der Waals surface area contributed by atoms with Gasteiger partial charge in [-0.1, -0.05) is 0 Å². The highest BCUT2D eigenvalue weighted by molar-refractivity contribution is 9.11. The van der Waals surface area contributed by atoms with E-state index >= 15 is 0 Å². The highest BCUT2D eigenvalue weighted by Crippen LogP contribution is 2.34. The predicted molar refractivity (Wildman–Crippen MR) is 74.9 cm³/mol. The summed E-state index contributed by atoms with van der Waals surface area (Å²) in [6.07, 6.45) is 0. The monoisotopic (exact) mass is 365 g/mol. The molecular weight excluding hydrogens is 358 g/mol. The molecule has 0 radical (unpaired) electrons. The SMILES string of the molecule is CNC(c1csc(Br)c1)c1ccc(Br)s1. The summed E-state index contributed by atoms with van der Waals surface area (Å²) < 4.78 is 2.35. The maximum atomic E-state index is 3.49. The standard InChI is InChI=1S/C10H9Br2NS2/c1-13-10(6-4-9(12)14-5-6)7-2-3-8(11)15-7/h2-5,10,13H,1H3. The lowest BCUT2D eigenvalue weighted by Gasteiger charge is -2.12. The lowest BCUT2D eigenvalue weighted by atomic mass is 10.1. The minimum atomic E-state index is 0.295. The summed E-state index contributed by atoms with van der Waals surface area (Å²) in [6.45, 7) is 0. The first-order valence-electron chi connectivity index (χ1n) is 4.37. The topological polar surface area (TPSA) is 12.0 Å². The molecule has 2 rings (SSSR count). The van der Waals surface area contributed by atoms with E-state index in [-0.39, 0.29) is 0 Å². The Morgan fingerprint density at radius 1 is 1.27 bits per heavy atom. The largest absolute Gasteiger partial charge is 0.309 e. The Labute approximate surface area is 114 Å². The van der Waals surface area contributed by atoms with E-state index < -0.39 is 0 Å². The number of rotatable bonds is 3. The number of hydrogen-bond acceptors (Lipinski definition) is 3. The Morgan fingerprint density at radius 3 is 2.53 bits per heavy atom. The highest BCUT2D eigenvalue weighted by atomic mass is 79.9. The fraction of sp³-hybridized carbons (Fsp3) is 0.200. The zero-order chi connectivity index (χ0) is 10.8. The second kappa shape index (κ2) is 5.10. The van der Waals surface area contributed by atoms with Crippen LogP contribution in [0, 0.1) is 0 Å². The smallest absolute Gasteiger partial charge is 0.0702 e. The first-order chi connectivity index (χ1) is 7.20. The van der Waals surface area contributed by atoms with Crippen molar-refractivity contribution in [2.24, 2.45) is 0 Å². The van der Waals surface area contributed by atoms with Crippen molar-refractivity contribution in [3.05, 3.63) is 41.6 Å². The lowest BCUT2D eigenvalue weighted by Crippen LogP contribution is -2.15. The molecule has 0 fully saturated rings. The van der Waals surface area contributed by atoms with Crippen molar-refractivity contribution in [2.75, 3.05) is 7.05 Å². The summed E-state index contributed by atoms with van der Waals surface area (Å²) in [7, 11) is 1.99. The first-order valence-corrected chi connectivity index (χ1v) is 7.65. The zero-order valence-corrected chi connectivity index (χ0v) is 12.8. The Bertz CT molecular complexity index is 409. The third-order valence-corrected chi connectivity index (χ3v) is 5.30. The summed E-state index contributed by atoms with van der Waals surface area (Å²) in [6, 6.07) is 6.70. The van der Waals surface area contributed by atoms with Crippen LogP contribution in [0.15, 0.2) is 31.2 Å². The van der Waals surface area contributed by atoms with Gasteiger partial charge in [-0.15, -0.1) is 22.7 Å². The normalized spacial score (nSPS) is 13.0. The van der Waals surface area contributed by atoms with E-state index in [1.54, 1.807) is 22.7 Å². The van der Waals surface area contributed by atoms with Gasteiger partial charge in [-0.05, 0) is 68.1 Å². The third-order valence-electron chi connectivity index (χ3n) is 2.09. The molecule has 0 saturated heterocycles. The molecule has 15 heavy (non-hydrogen) atoms. The van der Waals surface area contributed by atoms with Crippen molar-refractivity contribution in [3.63, 3.8) is 0 Å². The van der Waals surface area contributed by atoms with Gasteiger partial charge in [-0.25, -0.2) is 0 Å². The van der Waals surface area contributed by atoms with Crippen LogP contribution in [0.5, 0.6) is 0 Å². The molecule has 0 aromatic carbocycles. The van der Waals surface area contributed by atoms with Crippen molar-refractivity contribution < 1.29 is 0 Å². The zero-order valence-electron chi connectivity index (χ0n) is 7.96. The second-order valence-electron chi connectivity index (χ2n) is 3.05. The number of nitrogens with one attached hydrogen (secondary N) is 1. The maximum Gasteiger partial charge on any atom is 0.0702 e. The second-order valence-corrected chi connectivity index (χ2v) is 7.83. The number of hydrogen-bond donors (Lipinski definition) is 1. The van der Waals surface area contributed by atoms with Crippen molar-refractivity contribution in [3.8, 4) is 0 Å². The van der Waals surface area contributed by atoms with E-state index in [4.69, 9.17) is 0 Å². The Hall–Kier alpha value is 0.320. The average Bonchev–Trinajstić information content (AvgIpc) is 2.78. The van der Waals surface area contributed by atoms with Crippen molar-refractivity contribution in [2.45, 2.75) is 6.04 Å². The number of thiophene rings is 2. The molecule has 1 unspecified atom stereocenters. The van der Waals surface area contributed by atoms with Crippen LogP contribution in [0.4, 0.5) is 0 Å². The summed E-state index contributed by atoms with van der Waals surface area (Å²) in [5, 5.41) is 5.52. The molecule has 2 aromatic rings. The molecule has 2 aromatic heterocycles. The summed E-state index contributed by atoms with van der Waals surface area (Å²) in [5.74, 6) is 0. The van der Waals surface area contributed by atoms with E-state index in [0.717, 1.165) is 0 Å². The highest BCUT2D eigenvalue weighted by Gasteiger charge is 2.15. The Balaban J connectivity index is 2.32. The fourth-order valence-electron chi connectivity index (χ4n) is 1.43. The van der Waals surface area contributed by atoms with Gasteiger partial charge in [0.05, 0.1) is 13.6 Å². The van der Waals surface area contributed by atoms with Crippen LogP contribution >= 0.6 is 54.5 Å². The predicted octanol–water partition coefficient (Wildman–Crippen LogP) is 4.64. The molecule has 0 aliphatic heterocycles. The van der Waals surface area contributed by atoms with Gasteiger partial charge in [0, 0.05) is 4.88 Å². The molecule has 80 valence electrons. The van der Waals surface area contributed by atoms with Gasteiger partial charge in [0.25, 0.3) is 0 Å². The van der Waals surface area contributed by atoms with Gasteiger partial charge in [0.15, 0.2) is 0 Å². The molecule has 1 atom stereocenters. The Morgan fingerprint density at radius 2 is 2.07 bits per heavy atom. The Kier molecular flexibility index (Phi) is 4.01. The number of halogens is 2. The first kappa shape index (κ1) is 11.8. The van der Waals surface area contributed by atoms with Crippen LogP contribution in [-0.4, -0.2) is 7.05 Å². The van der Waals surface area contributed by atoms with Gasteiger partial charge in [0.2, 0.25) is 0 Å². The molecule has 5 heteroatoms. The summed E-state index contributed by atoms with van der Waals surface area (Å²) in [4.78, 5) is 1.33. The van der Waals surface area contributed by atoms with Crippen molar-refractivity contribution >= 4 is 54.5 Å². The van der Waals surface area contributed by atoms with Crippen LogP contribution in [0.2, 0.25) is 0 Å². The van der Waals surface area contributed by atoms with E-state index in [1.165, 1.54) is 18.0 Å². The van der Waals surface area contributed by atoms with Crippen molar-refractivity contribution in [1.29, 1.82) is 0 Å². The van der Waals surface area contributed by atoms with Gasteiger partial charge < -0.3 is 5.32 Å². The molecule has 0 amide bonds. The van der Waals surface area contributed by atoms with Crippen LogP contribution in [0.25, 0.3) is 0 Å². The van der Waals surface area contributed by atoms with Gasteiger partial charge >= 0.3 is 0 Å². The minimum Gasteiger partial charge on any atom is -0.309 e. The molecule has 1 N–H and O–H groups in total. The van der Waals surface area contributed by atoms with Crippen molar-refractivity contribution in [1.82, 2.24) is 5.32 Å². The van der Waals surface area contributed by atoms with Crippen LogP contribution in [0.3, 0.4) is 0 Å². The molecular formula is C10H9Br2NS2. The van der Waals surface area contributed by atoms with Gasteiger partial charge in [0.1, 0.15) is 0 Å².